The molecule has 82 heavy (non-hydrogen) atoms. The second-order valence-electron chi connectivity index (χ2n) is 22.6. The van der Waals surface area contributed by atoms with Crippen molar-refractivity contribution in [3.8, 4) is 0 Å². The number of carbonyl (C=O) groups is 11. The number of allylic oxidation sites excluding steroid dienone is 1. The molecular formula is C55H84N10O15S2. The van der Waals surface area contributed by atoms with Crippen LogP contribution in [0.2, 0.25) is 0 Å². The van der Waals surface area contributed by atoms with Gasteiger partial charge < -0.3 is 56.5 Å². The Bertz CT molecular complexity index is 2630. The first-order valence-corrected chi connectivity index (χ1v) is 29.8. The highest BCUT2D eigenvalue weighted by molar-refractivity contribution is 8.76. The first-order chi connectivity index (χ1) is 38.2. The van der Waals surface area contributed by atoms with E-state index in [0.29, 0.717) is 41.5 Å². The van der Waals surface area contributed by atoms with Gasteiger partial charge >= 0.3 is 24.2 Å². The topological polar surface area (TPSA) is 354 Å². The summed E-state index contributed by atoms with van der Waals surface area (Å²) in [5, 5.41) is 28.1. The van der Waals surface area contributed by atoms with Gasteiger partial charge in [0, 0.05) is 42.5 Å². The van der Waals surface area contributed by atoms with Crippen molar-refractivity contribution < 1.29 is 72.1 Å². The van der Waals surface area contributed by atoms with Gasteiger partial charge in [0.2, 0.25) is 41.4 Å². The Morgan fingerprint density at radius 2 is 1.37 bits per heavy atom. The Balaban J connectivity index is 0.000000709. The van der Waals surface area contributed by atoms with Gasteiger partial charge in [-0.2, -0.15) is 0 Å². The molecule has 10 N–H and O–H groups in total. The molecule has 27 heteroatoms. The highest BCUT2D eigenvalue weighted by Gasteiger charge is 2.40. The van der Waals surface area contributed by atoms with Crippen molar-refractivity contribution in [2.24, 2.45) is 5.73 Å². The van der Waals surface area contributed by atoms with Crippen molar-refractivity contribution in [3.63, 3.8) is 0 Å². The Morgan fingerprint density at radius 1 is 0.756 bits per heavy atom. The van der Waals surface area contributed by atoms with E-state index in [1.807, 2.05) is 20.8 Å². The molecule has 0 radical (unpaired) electrons. The van der Waals surface area contributed by atoms with E-state index in [1.54, 1.807) is 86.6 Å². The highest BCUT2D eigenvalue weighted by Crippen LogP contribution is 2.27. The number of carbonyl (C=O) groups excluding carboxylic acids is 10. The number of nitrogens with two attached hydrogens (primary N) is 1. The largest absolute Gasteiger partial charge is 0.481 e. The standard InChI is InChI=1S/C40H56N8O11S2.C15H28N2O4/c1-5-6-7-12-25-35(54)42-20-32(50)44-26(19-33(51)52)36(55)45-27(18-23-21-48(39(58)59-40(2,3)4)29-13-9-8-11-24(23)29)38(57)47-16-10-14-30(47)37(56)46-28(34(41)53)22-61-60-17-15-31(49)43-25;1-9-10(2)11(16-12(18)20-14(3,4)5)17-13(19)21-15(6,7)8/h8-9,11,13,21,25-28,30H,5-7,10,12,14-20,22H2,1-4H3,(H2,41,53)(H,42,54)(H,43,49)(H,44,50)(H,45,55)(H,46,56)(H,51,52);9H2,1-8H3,(H,16,18)(H,17,19). The van der Waals surface area contributed by atoms with Crippen molar-refractivity contribution in [3.05, 3.63) is 47.4 Å². The van der Waals surface area contributed by atoms with Gasteiger partial charge in [-0.1, -0.05) is 72.9 Å². The van der Waals surface area contributed by atoms with E-state index < -0.39 is 126 Å². The number of carboxylic acid groups (broad SMARTS) is 1. The number of aliphatic carboxylic acids is 1. The van der Waals surface area contributed by atoms with Crippen LogP contribution in [0.5, 0.6) is 0 Å². The average molecular weight is 1190 g/mol. The monoisotopic (exact) mass is 1190 g/mol. The summed E-state index contributed by atoms with van der Waals surface area (Å²) in [6.45, 7) is 20.9. The maximum Gasteiger partial charge on any atom is 0.419 e. The molecule has 0 aliphatic carbocycles. The zero-order valence-corrected chi connectivity index (χ0v) is 50.8. The molecule has 3 heterocycles. The molecule has 5 atom stereocenters. The zero-order valence-electron chi connectivity index (χ0n) is 49.1. The Labute approximate surface area is 486 Å². The lowest BCUT2D eigenvalue weighted by atomic mass is 10.0. The van der Waals surface area contributed by atoms with Gasteiger partial charge in [-0.3, -0.25) is 53.6 Å². The molecule has 5 unspecified atom stereocenters. The Kier molecular flexibility index (Phi) is 27.0. The Hall–Kier alpha value is -7.03. The maximum absolute atomic E-state index is 14.6. The van der Waals surface area contributed by atoms with E-state index in [9.17, 15) is 57.8 Å². The quantitative estimate of drug-likeness (QED) is 0.0765. The van der Waals surface area contributed by atoms with Crippen molar-refractivity contribution in [1.82, 2.24) is 46.7 Å². The number of aromatic nitrogens is 1. The van der Waals surface area contributed by atoms with E-state index in [2.05, 4.69) is 37.2 Å². The summed E-state index contributed by atoms with van der Waals surface area (Å²) in [7, 11) is 2.46. The van der Waals surface area contributed by atoms with Crippen LogP contribution in [0.25, 0.3) is 10.9 Å². The molecule has 2 aliphatic rings. The second kappa shape index (κ2) is 32.0. The van der Waals surface area contributed by atoms with Crippen LogP contribution in [0, 0.1) is 0 Å². The molecule has 25 nitrogen and oxygen atoms in total. The molecule has 2 fully saturated rings. The van der Waals surface area contributed by atoms with Crippen LogP contribution in [0.3, 0.4) is 0 Å². The normalized spacial score (nSPS) is 20.2. The van der Waals surface area contributed by atoms with Crippen molar-refractivity contribution in [1.29, 1.82) is 0 Å². The van der Waals surface area contributed by atoms with Gasteiger partial charge in [-0.05, 0) is 112 Å². The van der Waals surface area contributed by atoms with Crippen LogP contribution in [0.4, 0.5) is 14.4 Å². The molecule has 0 spiro atoms. The van der Waals surface area contributed by atoms with Crippen LogP contribution in [0.1, 0.15) is 146 Å². The summed E-state index contributed by atoms with van der Waals surface area (Å²) >= 11 is 0. The lowest BCUT2D eigenvalue weighted by Gasteiger charge is -2.30. The van der Waals surface area contributed by atoms with E-state index in [0.717, 1.165) is 18.4 Å². The van der Waals surface area contributed by atoms with Gasteiger partial charge in [0.15, 0.2) is 0 Å². The molecule has 0 bridgehead atoms. The fourth-order valence-corrected chi connectivity index (χ4v) is 10.3. The van der Waals surface area contributed by atoms with Crippen LogP contribution < -0.4 is 43.0 Å². The van der Waals surface area contributed by atoms with E-state index in [4.69, 9.17) is 19.9 Å². The molecule has 1 aromatic heterocycles. The number of hydrogen-bond acceptors (Lipinski definition) is 16. The molecule has 9 amide bonds. The number of fused-ring (bicyclic) bond motifs is 2. The van der Waals surface area contributed by atoms with Crippen LogP contribution in [-0.2, 0) is 59.0 Å². The van der Waals surface area contributed by atoms with Crippen molar-refractivity contribution >= 4 is 98.1 Å². The number of unbranched alkanes of at least 4 members (excludes halogenated alkanes) is 2. The molecule has 2 aliphatic heterocycles. The minimum absolute atomic E-state index is 0.0110. The van der Waals surface area contributed by atoms with Gasteiger partial charge in [0.05, 0.1) is 18.5 Å². The summed E-state index contributed by atoms with van der Waals surface area (Å²) in [5.41, 5.74) is 5.26. The van der Waals surface area contributed by atoms with Gasteiger partial charge in [-0.25, -0.2) is 14.4 Å². The summed E-state index contributed by atoms with van der Waals surface area (Å²) < 4.78 is 17.2. The number of hydrogen-bond donors (Lipinski definition) is 9. The average Bonchev–Trinajstić information content (AvgIpc) is 4.19. The summed E-state index contributed by atoms with van der Waals surface area (Å²) in [6.07, 6.45) is 2.16. The number of carboxylic acids is 1. The number of nitrogens with one attached hydrogen (secondary N) is 7. The van der Waals surface area contributed by atoms with Gasteiger partial charge in [0.25, 0.3) is 0 Å². The molecular weight excluding hydrogens is 1100 g/mol. The Morgan fingerprint density at radius 3 is 1.94 bits per heavy atom. The fraction of sp³-hybridized carbons (Fsp3) is 0.618. The zero-order chi connectivity index (χ0) is 61.7. The third kappa shape index (κ3) is 24.2. The van der Waals surface area contributed by atoms with Crippen LogP contribution >= 0.6 is 21.6 Å². The number of ether oxygens (including phenoxy) is 3. The smallest absolute Gasteiger partial charge is 0.419 e. The second-order valence-corrected chi connectivity index (χ2v) is 25.2. The number of amides is 9. The molecule has 456 valence electrons. The molecule has 1 aromatic carbocycles. The van der Waals surface area contributed by atoms with Crippen LogP contribution in [-0.4, -0.2) is 152 Å². The maximum atomic E-state index is 14.6. The number of rotatable bonds is 12. The molecule has 0 saturated carbocycles. The third-order valence-electron chi connectivity index (χ3n) is 12.1. The van der Waals surface area contributed by atoms with E-state index in [-0.39, 0.29) is 43.7 Å². The minimum Gasteiger partial charge on any atom is -0.481 e. The number of primary amides is 1. The lowest BCUT2D eigenvalue weighted by molar-refractivity contribution is -0.143. The molecule has 4 rings (SSSR count). The SMILES string of the molecule is CCC(C)=C(NC(=O)OC(C)(C)C)NC(=O)OC(C)(C)C.CCCCCC1NC(=O)CCSSCC(C(N)=O)NC(=O)C2CCCN2C(=O)C(Cc2cn(C(=O)OC(C)(C)C)c3ccccc23)NC(=O)C(CC(=O)O)NC(=O)CNC1=O. The predicted molar refractivity (Wildman–Crippen MR) is 310 cm³/mol. The van der Waals surface area contributed by atoms with E-state index >= 15 is 0 Å². The molecule has 2 aromatic rings. The lowest BCUT2D eigenvalue weighted by Crippen LogP contribution is -2.59. The van der Waals surface area contributed by atoms with Gasteiger partial charge in [-0.15, -0.1) is 0 Å². The third-order valence-corrected chi connectivity index (χ3v) is 14.5. The van der Waals surface area contributed by atoms with Crippen molar-refractivity contribution in [2.75, 3.05) is 24.6 Å². The summed E-state index contributed by atoms with van der Waals surface area (Å²) in [6, 6.07) is 0.405. The van der Waals surface area contributed by atoms with E-state index in [1.165, 1.54) is 37.3 Å². The van der Waals surface area contributed by atoms with Crippen LogP contribution in [0.15, 0.2) is 41.9 Å². The van der Waals surface area contributed by atoms with Gasteiger partial charge in [0.1, 0.15) is 52.8 Å². The summed E-state index contributed by atoms with van der Waals surface area (Å²) in [4.78, 5) is 144. The number of alkyl carbamates (subject to hydrolysis) is 2. The first kappa shape index (κ1) is 69.2. The number of nitrogens with zero attached hydrogens (tertiary/aromatic N) is 2. The van der Waals surface area contributed by atoms with Crippen molar-refractivity contribution in [2.45, 2.75) is 194 Å². The number of benzene rings is 1. The highest BCUT2D eigenvalue weighted by atomic mass is 33.1. The summed E-state index contributed by atoms with van der Waals surface area (Å²) in [5.74, 6) is -6.09. The first-order valence-electron chi connectivity index (χ1n) is 27.3. The predicted octanol–water partition coefficient (Wildman–Crippen LogP) is 5.02. The minimum atomic E-state index is -1.73. The molecule has 2 saturated heterocycles. The fourth-order valence-electron chi connectivity index (χ4n) is 8.13. The number of para-hydroxylation sites is 1.